The Balaban J connectivity index is 1.56. The van der Waals surface area contributed by atoms with Crippen molar-refractivity contribution in [1.29, 1.82) is 0 Å². The first kappa shape index (κ1) is 22.0. The fourth-order valence-electron chi connectivity index (χ4n) is 2.81. The highest BCUT2D eigenvalue weighted by molar-refractivity contribution is 7.71. The number of nitrogens with zero attached hydrogens (tertiary/aromatic N) is 2. The van der Waals surface area contributed by atoms with Crippen LogP contribution >= 0.6 is 12.2 Å². The van der Waals surface area contributed by atoms with Crippen molar-refractivity contribution in [3.63, 3.8) is 0 Å². The van der Waals surface area contributed by atoms with Gasteiger partial charge in [-0.25, -0.2) is 0 Å². The molecular formula is C21H23N5O4S. The summed E-state index contributed by atoms with van der Waals surface area (Å²) < 4.78 is 12.4. The zero-order valence-electron chi connectivity index (χ0n) is 17.2. The second-order valence-electron chi connectivity index (χ2n) is 6.45. The Hall–Kier alpha value is -3.66. The average molecular weight is 442 g/mol. The second kappa shape index (κ2) is 10.4. The fraction of sp³-hybridized carbons (Fsp3) is 0.238. The molecule has 0 aliphatic carbocycles. The number of H-pyrrole nitrogens is 1. The molecule has 0 aliphatic rings. The number of benzene rings is 2. The van der Waals surface area contributed by atoms with Crippen LogP contribution in [0.5, 0.6) is 11.5 Å². The highest BCUT2D eigenvalue weighted by Gasteiger charge is 2.13. The lowest BCUT2D eigenvalue weighted by Gasteiger charge is -2.10. The predicted octanol–water partition coefficient (Wildman–Crippen LogP) is 2.77. The van der Waals surface area contributed by atoms with Gasteiger partial charge in [-0.3, -0.25) is 19.3 Å². The molecule has 0 unspecified atom stereocenters. The summed E-state index contributed by atoms with van der Waals surface area (Å²) in [5, 5.41) is 12.2. The topological polar surface area (TPSA) is 110 Å². The molecule has 1 aromatic heterocycles. The molecule has 2 aromatic carbocycles. The Kier molecular flexibility index (Phi) is 7.39. The first-order valence-electron chi connectivity index (χ1n) is 9.59. The molecule has 0 fully saturated rings. The van der Waals surface area contributed by atoms with E-state index in [1.807, 2.05) is 19.1 Å². The summed E-state index contributed by atoms with van der Waals surface area (Å²) in [5.41, 5.74) is 1.38. The van der Waals surface area contributed by atoms with Gasteiger partial charge in [-0.05, 0) is 67.7 Å². The summed E-state index contributed by atoms with van der Waals surface area (Å²) in [6, 6.07) is 14.2. The molecule has 0 radical (unpaired) electrons. The smallest absolute Gasteiger partial charge is 0.243 e. The van der Waals surface area contributed by atoms with Crippen LogP contribution < -0.4 is 20.1 Å². The monoisotopic (exact) mass is 441 g/mol. The van der Waals surface area contributed by atoms with Crippen LogP contribution in [0.4, 0.5) is 5.69 Å². The van der Waals surface area contributed by atoms with Gasteiger partial charge in [0.1, 0.15) is 18.0 Å². The van der Waals surface area contributed by atoms with E-state index in [-0.39, 0.29) is 24.9 Å². The van der Waals surface area contributed by atoms with Crippen molar-refractivity contribution in [2.75, 3.05) is 25.6 Å². The van der Waals surface area contributed by atoms with Gasteiger partial charge in [0, 0.05) is 11.3 Å². The largest absolute Gasteiger partial charge is 0.497 e. The SMILES string of the molecule is CCOc1ccc(NC(=O)CNC(=O)Cn2c(-c3ccc(OC)cc3)n[nH]c2=S)cc1. The molecule has 1 heterocycles. The van der Waals surface area contributed by atoms with Crippen LogP contribution in [0, 0.1) is 4.77 Å². The number of amides is 2. The van der Waals surface area contributed by atoms with Gasteiger partial charge in [0.25, 0.3) is 0 Å². The highest BCUT2D eigenvalue weighted by Crippen LogP contribution is 2.21. The van der Waals surface area contributed by atoms with Crippen molar-refractivity contribution >= 4 is 29.7 Å². The van der Waals surface area contributed by atoms with Crippen LogP contribution in [0.2, 0.25) is 0 Å². The normalized spacial score (nSPS) is 10.4. The van der Waals surface area contributed by atoms with Crippen molar-refractivity contribution in [1.82, 2.24) is 20.1 Å². The minimum Gasteiger partial charge on any atom is -0.497 e. The molecule has 9 nitrogen and oxygen atoms in total. The second-order valence-corrected chi connectivity index (χ2v) is 6.84. The minimum atomic E-state index is -0.367. The Morgan fingerprint density at radius 1 is 1.06 bits per heavy atom. The molecule has 162 valence electrons. The van der Waals surface area contributed by atoms with E-state index in [4.69, 9.17) is 21.7 Å². The van der Waals surface area contributed by atoms with Crippen LogP contribution in [0.3, 0.4) is 0 Å². The number of nitrogens with one attached hydrogen (secondary N) is 3. The number of aromatic nitrogens is 3. The molecule has 10 heteroatoms. The number of carbonyl (C=O) groups is 2. The summed E-state index contributed by atoms with van der Waals surface area (Å²) >= 11 is 5.24. The summed E-state index contributed by atoms with van der Waals surface area (Å²) in [5.74, 6) is 1.23. The lowest BCUT2D eigenvalue weighted by Crippen LogP contribution is -2.35. The summed E-state index contributed by atoms with van der Waals surface area (Å²) in [7, 11) is 1.58. The number of anilines is 1. The molecule has 31 heavy (non-hydrogen) atoms. The maximum absolute atomic E-state index is 12.4. The fourth-order valence-corrected chi connectivity index (χ4v) is 3.01. The van der Waals surface area contributed by atoms with E-state index < -0.39 is 0 Å². The first-order chi connectivity index (χ1) is 15.0. The van der Waals surface area contributed by atoms with Crippen LogP contribution in [-0.2, 0) is 16.1 Å². The molecule has 2 amide bonds. The third-order valence-electron chi connectivity index (χ3n) is 4.30. The number of aromatic amines is 1. The van der Waals surface area contributed by atoms with E-state index in [1.165, 1.54) is 0 Å². The molecule has 0 spiro atoms. The average Bonchev–Trinajstić information content (AvgIpc) is 3.14. The quantitative estimate of drug-likeness (QED) is 0.441. The third kappa shape index (κ3) is 5.92. The van der Waals surface area contributed by atoms with Gasteiger partial charge in [-0.15, -0.1) is 0 Å². The van der Waals surface area contributed by atoms with Gasteiger partial charge in [-0.1, -0.05) is 0 Å². The van der Waals surface area contributed by atoms with E-state index in [0.717, 1.165) is 11.3 Å². The number of rotatable bonds is 9. The van der Waals surface area contributed by atoms with Crippen molar-refractivity contribution in [2.45, 2.75) is 13.5 Å². The summed E-state index contributed by atoms with van der Waals surface area (Å²) in [4.78, 5) is 24.5. The van der Waals surface area contributed by atoms with Gasteiger partial charge in [0.2, 0.25) is 11.8 Å². The molecule has 0 saturated carbocycles. The number of ether oxygens (including phenoxy) is 2. The van der Waals surface area contributed by atoms with Gasteiger partial charge in [0.15, 0.2) is 10.6 Å². The maximum atomic E-state index is 12.4. The number of methoxy groups -OCH3 is 1. The summed E-state index contributed by atoms with van der Waals surface area (Å²) in [6.45, 7) is 2.22. The Morgan fingerprint density at radius 2 is 1.74 bits per heavy atom. The van der Waals surface area contributed by atoms with Crippen LogP contribution in [0.15, 0.2) is 48.5 Å². The third-order valence-corrected chi connectivity index (χ3v) is 4.62. The first-order valence-corrected chi connectivity index (χ1v) is 10.00. The lowest BCUT2D eigenvalue weighted by atomic mass is 10.2. The maximum Gasteiger partial charge on any atom is 0.243 e. The van der Waals surface area contributed by atoms with Gasteiger partial charge in [-0.2, -0.15) is 5.10 Å². The Morgan fingerprint density at radius 3 is 2.39 bits per heavy atom. The van der Waals surface area contributed by atoms with E-state index in [9.17, 15) is 9.59 Å². The minimum absolute atomic E-state index is 0.0764. The number of hydrogen-bond acceptors (Lipinski definition) is 6. The molecule has 3 aromatic rings. The molecule has 0 bridgehead atoms. The zero-order chi connectivity index (χ0) is 22.2. The zero-order valence-corrected chi connectivity index (χ0v) is 18.0. The molecular weight excluding hydrogens is 418 g/mol. The predicted molar refractivity (Wildman–Crippen MR) is 119 cm³/mol. The number of carbonyl (C=O) groups excluding carboxylic acids is 2. The standard InChI is InChI=1S/C21H23N5O4S/c1-3-30-17-10-6-15(7-11-17)23-18(27)12-22-19(28)13-26-20(24-25-21(26)31)14-4-8-16(29-2)9-5-14/h4-11H,3,12-13H2,1-2H3,(H,22,28)(H,23,27)(H,25,31). The molecule has 0 atom stereocenters. The van der Waals surface area contributed by atoms with E-state index in [2.05, 4.69) is 20.8 Å². The van der Waals surface area contributed by atoms with Crippen molar-refractivity contribution in [3.8, 4) is 22.9 Å². The molecule has 0 aliphatic heterocycles. The van der Waals surface area contributed by atoms with E-state index in [0.29, 0.717) is 28.6 Å². The van der Waals surface area contributed by atoms with Gasteiger partial charge in [0.05, 0.1) is 20.3 Å². The van der Waals surface area contributed by atoms with Crippen molar-refractivity contribution < 1.29 is 19.1 Å². The van der Waals surface area contributed by atoms with Gasteiger partial charge < -0.3 is 20.1 Å². The highest BCUT2D eigenvalue weighted by atomic mass is 32.1. The molecule has 3 rings (SSSR count). The van der Waals surface area contributed by atoms with Gasteiger partial charge >= 0.3 is 0 Å². The van der Waals surface area contributed by atoms with Crippen LogP contribution in [0.1, 0.15) is 6.92 Å². The van der Waals surface area contributed by atoms with E-state index >= 15 is 0 Å². The van der Waals surface area contributed by atoms with Crippen LogP contribution in [-0.4, -0.2) is 46.8 Å². The van der Waals surface area contributed by atoms with Crippen molar-refractivity contribution in [2.24, 2.45) is 0 Å². The molecule has 0 saturated heterocycles. The van der Waals surface area contributed by atoms with E-state index in [1.54, 1.807) is 48.1 Å². The lowest BCUT2D eigenvalue weighted by molar-refractivity contribution is -0.124. The Bertz CT molecular complexity index is 1090. The Labute approximate surface area is 184 Å². The molecule has 3 N–H and O–H groups in total. The van der Waals surface area contributed by atoms with Crippen molar-refractivity contribution in [3.05, 3.63) is 53.3 Å². The summed E-state index contributed by atoms with van der Waals surface area (Å²) in [6.07, 6.45) is 0. The number of hydrogen-bond donors (Lipinski definition) is 3. The van der Waals surface area contributed by atoms with Crippen LogP contribution in [0.25, 0.3) is 11.4 Å².